The number of rotatable bonds is 6. The molecule has 144 valence electrons. The summed E-state index contributed by atoms with van der Waals surface area (Å²) < 4.78 is 13.2. The first-order chi connectivity index (χ1) is 13.0. The summed E-state index contributed by atoms with van der Waals surface area (Å²) in [5.74, 6) is 0.222. The summed E-state index contributed by atoms with van der Waals surface area (Å²) in [5, 5.41) is 2.98. The lowest BCUT2D eigenvalue weighted by molar-refractivity contribution is -0.121. The van der Waals surface area contributed by atoms with Crippen LogP contribution in [-0.4, -0.2) is 29.0 Å². The van der Waals surface area contributed by atoms with Crippen LogP contribution in [0.4, 0.5) is 10.3 Å². The molecular weight excluding hydrogens is 367 g/mol. The first-order valence-electron chi connectivity index (χ1n) is 9.31. The molecule has 0 radical (unpaired) electrons. The molecule has 1 aromatic carbocycles. The van der Waals surface area contributed by atoms with Crippen LogP contribution in [0.5, 0.6) is 0 Å². The molecule has 1 aromatic heterocycles. The van der Waals surface area contributed by atoms with Crippen molar-refractivity contribution in [3.05, 3.63) is 52.1 Å². The average molecular weight is 391 g/mol. The van der Waals surface area contributed by atoms with E-state index < -0.39 is 5.82 Å². The van der Waals surface area contributed by atoms with Crippen LogP contribution >= 0.6 is 11.6 Å². The number of carbonyl (C=O) groups is 1. The minimum atomic E-state index is -0.450. The van der Waals surface area contributed by atoms with Crippen LogP contribution in [0.3, 0.4) is 0 Å². The van der Waals surface area contributed by atoms with Gasteiger partial charge in [-0.15, -0.1) is 0 Å². The zero-order chi connectivity index (χ0) is 19.2. The smallest absolute Gasteiger partial charge is 0.225 e. The van der Waals surface area contributed by atoms with Gasteiger partial charge in [-0.25, -0.2) is 14.4 Å². The van der Waals surface area contributed by atoms with Crippen LogP contribution in [0, 0.1) is 12.7 Å². The minimum Gasteiger partial charge on any atom is -0.350 e. The van der Waals surface area contributed by atoms with Crippen LogP contribution in [-0.2, 0) is 17.8 Å². The Hall–Kier alpha value is -2.21. The van der Waals surface area contributed by atoms with Crippen molar-refractivity contribution in [2.45, 2.75) is 45.6 Å². The number of nitrogens with one attached hydrogen (secondary N) is 1. The number of carbonyl (C=O) groups excluding carboxylic acids is 1. The molecule has 3 rings (SSSR count). The van der Waals surface area contributed by atoms with E-state index in [4.69, 9.17) is 11.6 Å². The Labute approximate surface area is 164 Å². The number of hydrogen-bond donors (Lipinski definition) is 1. The number of aromatic nitrogens is 2. The summed E-state index contributed by atoms with van der Waals surface area (Å²) in [6, 6.07) is 6.42. The number of nitrogens with zero attached hydrogens (tertiary/aromatic N) is 3. The molecule has 0 atom stereocenters. The summed E-state index contributed by atoms with van der Waals surface area (Å²) in [6.07, 6.45) is 4.40. The predicted molar refractivity (Wildman–Crippen MR) is 104 cm³/mol. The fourth-order valence-electron chi connectivity index (χ4n) is 3.17. The van der Waals surface area contributed by atoms with Crippen molar-refractivity contribution in [3.63, 3.8) is 0 Å². The van der Waals surface area contributed by atoms with Crippen molar-refractivity contribution in [1.29, 1.82) is 0 Å². The van der Waals surface area contributed by atoms with Gasteiger partial charge in [-0.3, -0.25) is 4.79 Å². The molecule has 0 spiro atoms. The zero-order valence-electron chi connectivity index (χ0n) is 15.5. The highest BCUT2D eigenvalue weighted by Crippen LogP contribution is 2.18. The van der Waals surface area contributed by atoms with Crippen LogP contribution in [0.2, 0.25) is 5.02 Å². The van der Waals surface area contributed by atoms with E-state index in [0.717, 1.165) is 48.8 Å². The van der Waals surface area contributed by atoms with Gasteiger partial charge in [-0.2, -0.15) is 0 Å². The predicted octanol–water partition coefficient (Wildman–Crippen LogP) is 3.82. The maximum Gasteiger partial charge on any atom is 0.225 e. The number of amides is 1. The molecule has 1 aliphatic rings. The summed E-state index contributed by atoms with van der Waals surface area (Å²) in [6.45, 7) is 4.27. The number of anilines is 1. The average Bonchev–Trinajstić information content (AvgIpc) is 2.67. The van der Waals surface area contributed by atoms with Crippen LogP contribution < -0.4 is 10.2 Å². The Morgan fingerprint density at radius 1 is 1.22 bits per heavy atom. The van der Waals surface area contributed by atoms with Crippen LogP contribution in [0.25, 0.3) is 0 Å². The molecule has 0 saturated carbocycles. The first-order valence-corrected chi connectivity index (χ1v) is 9.69. The molecule has 0 aliphatic carbocycles. The summed E-state index contributed by atoms with van der Waals surface area (Å²) >= 11 is 5.77. The maximum atomic E-state index is 13.2. The van der Waals surface area contributed by atoms with Gasteiger partial charge in [0.25, 0.3) is 0 Å². The van der Waals surface area contributed by atoms with E-state index in [-0.39, 0.29) is 10.9 Å². The van der Waals surface area contributed by atoms with Gasteiger partial charge in [0.15, 0.2) is 0 Å². The van der Waals surface area contributed by atoms with Gasteiger partial charge < -0.3 is 10.2 Å². The second-order valence-corrected chi connectivity index (χ2v) is 7.28. The van der Waals surface area contributed by atoms with Gasteiger partial charge in [0.2, 0.25) is 11.9 Å². The molecule has 1 amide bonds. The highest BCUT2D eigenvalue weighted by Gasteiger charge is 2.15. The van der Waals surface area contributed by atoms with Crippen LogP contribution in [0.15, 0.2) is 24.3 Å². The normalized spacial score (nSPS) is 14.3. The molecule has 1 fully saturated rings. The third kappa shape index (κ3) is 5.63. The first kappa shape index (κ1) is 19.5. The van der Waals surface area contributed by atoms with E-state index in [9.17, 15) is 9.18 Å². The van der Waals surface area contributed by atoms with Gasteiger partial charge in [-0.1, -0.05) is 17.7 Å². The van der Waals surface area contributed by atoms with Crippen molar-refractivity contribution in [2.24, 2.45) is 0 Å². The minimum absolute atomic E-state index is 0.0776. The molecule has 0 unspecified atom stereocenters. The Balaban J connectivity index is 1.53. The summed E-state index contributed by atoms with van der Waals surface area (Å²) in [7, 11) is 0. The molecule has 0 bridgehead atoms. The summed E-state index contributed by atoms with van der Waals surface area (Å²) in [4.78, 5) is 23.5. The number of aryl methyl sites for hydroxylation is 2. The molecular formula is C20H24ClFN4O. The van der Waals surface area contributed by atoms with Crippen LogP contribution in [0.1, 0.15) is 42.6 Å². The molecule has 1 saturated heterocycles. The van der Waals surface area contributed by atoms with Crippen molar-refractivity contribution < 1.29 is 9.18 Å². The lowest BCUT2D eigenvalue weighted by atomic mass is 10.1. The van der Waals surface area contributed by atoms with E-state index in [1.54, 1.807) is 12.1 Å². The van der Waals surface area contributed by atoms with Gasteiger partial charge in [-0.05, 0) is 56.4 Å². The summed E-state index contributed by atoms with van der Waals surface area (Å²) in [5.41, 5.74) is 2.54. The van der Waals surface area contributed by atoms with E-state index in [1.165, 1.54) is 12.5 Å². The molecule has 2 aromatic rings. The SMILES string of the molecule is Cc1cc(CNC(=O)CCc2ccc(F)c(Cl)c2)nc(N2CCCCC2)n1. The van der Waals surface area contributed by atoms with E-state index in [2.05, 4.69) is 20.2 Å². The Kier molecular flexibility index (Phi) is 6.61. The van der Waals surface area contributed by atoms with E-state index in [1.807, 2.05) is 13.0 Å². The van der Waals surface area contributed by atoms with Crippen molar-refractivity contribution >= 4 is 23.5 Å². The highest BCUT2D eigenvalue weighted by atomic mass is 35.5. The fourth-order valence-corrected chi connectivity index (χ4v) is 3.38. The van der Waals surface area contributed by atoms with E-state index >= 15 is 0 Å². The van der Waals surface area contributed by atoms with Crippen molar-refractivity contribution in [2.75, 3.05) is 18.0 Å². The second kappa shape index (κ2) is 9.13. The Morgan fingerprint density at radius 3 is 2.74 bits per heavy atom. The Bertz CT molecular complexity index is 809. The van der Waals surface area contributed by atoms with Crippen molar-refractivity contribution in [1.82, 2.24) is 15.3 Å². The molecule has 1 aliphatic heterocycles. The lowest BCUT2D eigenvalue weighted by Gasteiger charge is -2.27. The number of benzene rings is 1. The maximum absolute atomic E-state index is 13.2. The van der Waals surface area contributed by atoms with Crippen molar-refractivity contribution in [3.8, 4) is 0 Å². The molecule has 1 N–H and O–H groups in total. The zero-order valence-corrected chi connectivity index (χ0v) is 16.2. The monoisotopic (exact) mass is 390 g/mol. The standard InChI is InChI=1S/C20H24ClFN4O/c1-14-11-16(25-20(24-14)26-9-3-2-4-10-26)13-23-19(27)8-6-15-5-7-18(22)17(21)12-15/h5,7,11-12H,2-4,6,8-10,13H2,1H3,(H,23,27). The third-order valence-corrected chi connectivity index (χ3v) is 4.92. The van der Waals surface area contributed by atoms with E-state index in [0.29, 0.717) is 19.4 Å². The van der Waals surface area contributed by atoms with Gasteiger partial charge in [0, 0.05) is 25.2 Å². The number of halogens is 2. The Morgan fingerprint density at radius 2 is 2.00 bits per heavy atom. The van der Waals surface area contributed by atoms with Gasteiger partial charge in [0.1, 0.15) is 5.82 Å². The van der Waals surface area contributed by atoms with Gasteiger partial charge in [0.05, 0.1) is 17.3 Å². The fraction of sp³-hybridized carbons (Fsp3) is 0.450. The molecule has 5 nitrogen and oxygen atoms in total. The second-order valence-electron chi connectivity index (χ2n) is 6.87. The molecule has 2 heterocycles. The molecule has 27 heavy (non-hydrogen) atoms. The molecule has 7 heteroatoms. The largest absolute Gasteiger partial charge is 0.350 e. The topological polar surface area (TPSA) is 58.1 Å². The third-order valence-electron chi connectivity index (χ3n) is 4.63. The quantitative estimate of drug-likeness (QED) is 0.814. The number of piperidine rings is 1. The van der Waals surface area contributed by atoms with Gasteiger partial charge >= 0.3 is 0 Å². The lowest BCUT2D eigenvalue weighted by Crippen LogP contribution is -2.32. The number of hydrogen-bond acceptors (Lipinski definition) is 4. The highest BCUT2D eigenvalue weighted by molar-refractivity contribution is 6.30.